The predicted molar refractivity (Wildman–Crippen MR) is 72.1 cm³/mol. The summed E-state index contributed by atoms with van der Waals surface area (Å²) in [5.74, 6) is -1.51. The Morgan fingerprint density at radius 1 is 1.11 bits per heavy atom. The van der Waals surface area contributed by atoms with Crippen molar-refractivity contribution in [3.8, 4) is 0 Å². The van der Waals surface area contributed by atoms with Crippen LogP contribution in [0.25, 0.3) is 0 Å². The lowest BCUT2D eigenvalue weighted by Gasteiger charge is -2.04. The number of rotatable bonds is 3. The van der Waals surface area contributed by atoms with Crippen LogP contribution in [0.2, 0.25) is 5.02 Å². The number of hydrogen-bond donors (Lipinski definition) is 2. The van der Waals surface area contributed by atoms with Crippen molar-refractivity contribution >= 4 is 23.4 Å². The van der Waals surface area contributed by atoms with Crippen molar-refractivity contribution in [2.75, 3.05) is 0 Å². The van der Waals surface area contributed by atoms with E-state index in [4.69, 9.17) is 11.6 Å². The molecule has 0 saturated carbocycles. The van der Waals surface area contributed by atoms with Crippen molar-refractivity contribution in [1.29, 1.82) is 0 Å². The van der Waals surface area contributed by atoms with Crippen LogP contribution in [0.3, 0.4) is 0 Å². The minimum Gasteiger partial charge on any atom is -0.478 e. The number of carboxylic acid groups (broad SMARTS) is 1. The van der Waals surface area contributed by atoms with Gasteiger partial charge in [-0.25, -0.2) is 4.79 Å². The Bertz CT molecular complexity index is 673. The molecule has 19 heavy (non-hydrogen) atoms. The highest BCUT2D eigenvalue weighted by Gasteiger charge is 2.25. The molecular formula is C14H12ClNO3. The van der Waals surface area contributed by atoms with Crippen LogP contribution >= 0.6 is 11.6 Å². The van der Waals surface area contributed by atoms with Gasteiger partial charge in [0.1, 0.15) is 0 Å². The lowest BCUT2D eigenvalue weighted by atomic mass is 9.99. The molecule has 98 valence electrons. The lowest BCUT2D eigenvalue weighted by Crippen LogP contribution is -2.09. The fourth-order valence-corrected chi connectivity index (χ4v) is 2.33. The Kier molecular flexibility index (Phi) is 3.44. The summed E-state index contributed by atoms with van der Waals surface area (Å²) in [4.78, 5) is 26.6. The number of nitrogens with one attached hydrogen (secondary N) is 1. The molecule has 1 heterocycles. The molecule has 2 aromatic rings. The third-order valence-electron chi connectivity index (χ3n) is 2.93. The van der Waals surface area contributed by atoms with E-state index in [1.54, 1.807) is 38.1 Å². The summed E-state index contributed by atoms with van der Waals surface area (Å²) in [5.41, 5.74) is 1.45. The Morgan fingerprint density at radius 2 is 1.68 bits per heavy atom. The molecule has 0 fully saturated rings. The van der Waals surface area contributed by atoms with E-state index in [-0.39, 0.29) is 16.9 Å². The first-order chi connectivity index (χ1) is 8.93. The number of ketones is 1. The molecule has 0 amide bonds. The van der Waals surface area contributed by atoms with Gasteiger partial charge in [-0.3, -0.25) is 4.79 Å². The number of H-pyrrole nitrogens is 1. The van der Waals surface area contributed by atoms with E-state index in [9.17, 15) is 14.7 Å². The van der Waals surface area contributed by atoms with E-state index in [1.807, 2.05) is 0 Å². The van der Waals surface area contributed by atoms with Gasteiger partial charge in [-0.05, 0) is 26.0 Å². The van der Waals surface area contributed by atoms with Crippen LogP contribution < -0.4 is 0 Å². The topological polar surface area (TPSA) is 70.2 Å². The fourth-order valence-electron chi connectivity index (χ4n) is 2.11. The molecule has 2 rings (SSSR count). The zero-order valence-electron chi connectivity index (χ0n) is 10.5. The molecule has 0 atom stereocenters. The summed E-state index contributed by atoms with van der Waals surface area (Å²) >= 11 is 5.98. The number of carbonyl (C=O) groups excluding carboxylic acids is 1. The number of aromatic amines is 1. The quantitative estimate of drug-likeness (QED) is 0.846. The number of hydrogen-bond acceptors (Lipinski definition) is 2. The molecule has 2 N–H and O–H groups in total. The van der Waals surface area contributed by atoms with Crippen molar-refractivity contribution in [3.63, 3.8) is 0 Å². The molecule has 0 saturated heterocycles. The summed E-state index contributed by atoms with van der Waals surface area (Å²) in [7, 11) is 0. The normalized spacial score (nSPS) is 10.5. The minimum atomic E-state index is -1.13. The van der Waals surface area contributed by atoms with E-state index in [0.717, 1.165) is 0 Å². The number of carboxylic acids is 1. The number of aromatic carboxylic acids is 1. The Balaban J connectivity index is 2.63. The Hall–Kier alpha value is -2.07. The van der Waals surface area contributed by atoms with Gasteiger partial charge in [0, 0.05) is 17.0 Å². The van der Waals surface area contributed by atoms with Gasteiger partial charge in [0.25, 0.3) is 0 Å². The SMILES string of the molecule is Cc1[nH]c(C)c(C(=O)c2ccccc2Cl)c1C(=O)O. The molecule has 0 unspecified atom stereocenters. The summed E-state index contributed by atoms with van der Waals surface area (Å²) in [6, 6.07) is 6.59. The smallest absolute Gasteiger partial charge is 0.338 e. The first kappa shape index (κ1) is 13.4. The lowest BCUT2D eigenvalue weighted by molar-refractivity contribution is 0.0692. The molecule has 0 aliphatic heterocycles. The van der Waals surface area contributed by atoms with Gasteiger partial charge in [0.2, 0.25) is 0 Å². The van der Waals surface area contributed by atoms with Crippen molar-refractivity contribution in [2.45, 2.75) is 13.8 Å². The summed E-state index contributed by atoms with van der Waals surface area (Å²) in [5, 5.41) is 9.53. The van der Waals surface area contributed by atoms with Gasteiger partial charge in [-0.2, -0.15) is 0 Å². The fraction of sp³-hybridized carbons (Fsp3) is 0.143. The number of halogens is 1. The van der Waals surface area contributed by atoms with Crippen molar-refractivity contribution in [1.82, 2.24) is 4.98 Å². The highest BCUT2D eigenvalue weighted by molar-refractivity contribution is 6.35. The van der Waals surface area contributed by atoms with E-state index < -0.39 is 5.97 Å². The number of benzene rings is 1. The average molecular weight is 278 g/mol. The van der Waals surface area contributed by atoms with Gasteiger partial charge in [-0.15, -0.1) is 0 Å². The standard InChI is InChI=1S/C14H12ClNO3/c1-7-11(12(14(18)19)8(2)16-7)13(17)9-5-3-4-6-10(9)15/h3-6,16H,1-2H3,(H,18,19). The molecule has 1 aromatic heterocycles. The summed E-state index contributed by atoms with van der Waals surface area (Å²) in [6.07, 6.45) is 0. The largest absolute Gasteiger partial charge is 0.478 e. The van der Waals surface area contributed by atoms with Crippen LogP contribution in [0, 0.1) is 13.8 Å². The highest BCUT2D eigenvalue weighted by Crippen LogP contribution is 2.25. The zero-order chi connectivity index (χ0) is 14.2. The maximum absolute atomic E-state index is 12.5. The monoisotopic (exact) mass is 277 g/mol. The van der Waals surface area contributed by atoms with E-state index in [2.05, 4.69) is 4.98 Å². The van der Waals surface area contributed by atoms with Crippen LogP contribution in [0.15, 0.2) is 24.3 Å². The Labute approximate surface area is 115 Å². The zero-order valence-corrected chi connectivity index (χ0v) is 11.2. The van der Waals surface area contributed by atoms with Gasteiger partial charge in [-0.1, -0.05) is 23.7 Å². The van der Waals surface area contributed by atoms with Crippen molar-refractivity contribution in [3.05, 3.63) is 57.4 Å². The van der Waals surface area contributed by atoms with Crippen LogP contribution in [0.1, 0.15) is 37.7 Å². The predicted octanol–water partition coefficient (Wildman–Crippen LogP) is 3.21. The maximum atomic E-state index is 12.5. The van der Waals surface area contributed by atoms with Crippen LogP contribution in [0.4, 0.5) is 0 Å². The molecule has 0 bridgehead atoms. The Morgan fingerprint density at radius 3 is 2.26 bits per heavy atom. The second-order valence-corrected chi connectivity index (χ2v) is 4.65. The third kappa shape index (κ3) is 2.27. The summed E-state index contributed by atoms with van der Waals surface area (Å²) < 4.78 is 0. The van der Waals surface area contributed by atoms with Crippen LogP contribution in [-0.4, -0.2) is 21.8 Å². The number of carbonyl (C=O) groups is 2. The molecule has 1 aromatic carbocycles. The van der Waals surface area contributed by atoms with Crippen LogP contribution in [0.5, 0.6) is 0 Å². The first-order valence-electron chi connectivity index (χ1n) is 5.65. The molecule has 0 radical (unpaired) electrons. The van der Waals surface area contributed by atoms with E-state index in [0.29, 0.717) is 22.0 Å². The minimum absolute atomic E-state index is 0.00224. The molecule has 0 spiro atoms. The second kappa shape index (κ2) is 4.90. The van der Waals surface area contributed by atoms with Gasteiger partial charge >= 0.3 is 5.97 Å². The molecule has 5 heteroatoms. The summed E-state index contributed by atoms with van der Waals surface area (Å²) in [6.45, 7) is 3.29. The maximum Gasteiger partial charge on any atom is 0.338 e. The molecular weight excluding hydrogens is 266 g/mol. The van der Waals surface area contributed by atoms with E-state index >= 15 is 0 Å². The van der Waals surface area contributed by atoms with Crippen molar-refractivity contribution in [2.24, 2.45) is 0 Å². The first-order valence-corrected chi connectivity index (χ1v) is 6.03. The third-order valence-corrected chi connectivity index (χ3v) is 3.26. The van der Waals surface area contributed by atoms with E-state index in [1.165, 1.54) is 0 Å². The highest BCUT2D eigenvalue weighted by atomic mass is 35.5. The van der Waals surface area contributed by atoms with Gasteiger partial charge in [0.15, 0.2) is 5.78 Å². The molecule has 0 aliphatic rings. The molecule has 0 aliphatic carbocycles. The average Bonchev–Trinajstić information content (AvgIpc) is 2.64. The van der Waals surface area contributed by atoms with Gasteiger partial charge < -0.3 is 10.1 Å². The molecule has 4 nitrogen and oxygen atoms in total. The van der Waals surface area contributed by atoms with Gasteiger partial charge in [0.05, 0.1) is 16.1 Å². The second-order valence-electron chi connectivity index (χ2n) is 4.24. The number of aromatic nitrogens is 1. The van der Waals surface area contributed by atoms with Crippen LogP contribution in [-0.2, 0) is 0 Å². The van der Waals surface area contributed by atoms with Crippen molar-refractivity contribution < 1.29 is 14.7 Å². The number of aryl methyl sites for hydroxylation is 2.